The Labute approximate surface area is 117 Å². The molecule has 6 heteroatoms. The molecule has 0 saturated carbocycles. The molecule has 0 radical (unpaired) electrons. The third kappa shape index (κ3) is 2.59. The van der Waals surface area contributed by atoms with Crippen LogP contribution in [0.2, 0.25) is 0 Å². The number of hydrogen-bond donors (Lipinski definition) is 1. The van der Waals surface area contributed by atoms with Gasteiger partial charge in [-0.15, -0.1) is 0 Å². The van der Waals surface area contributed by atoms with E-state index in [0.717, 1.165) is 5.82 Å². The van der Waals surface area contributed by atoms with Crippen LogP contribution in [0, 0.1) is 0 Å². The highest BCUT2D eigenvalue weighted by Crippen LogP contribution is 2.27. The van der Waals surface area contributed by atoms with E-state index in [0.29, 0.717) is 23.5 Å². The number of methoxy groups -OCH3 is 1. The van der Waals surface area contributed by atoms with E-state index in [9.17, 15) is 4.79 Å². The summed E-state index contributed by atoms with van der Waals surface area (Å²) in [6.07, 6.45) is 3.55. The van der Waals surface area contributed by atoms with E-state index in [-0.39, 0.29) is 5.91 Å². The molecule has 2 rings (SSSR count). The number of aromatic nitrogens is 2. The zero-order valence-electron chi connectivity index (χ0n) is 11.8. The highest BCUT2D eigenvalue weighted by atomic mass is 16.5. The Hall–Kier alpha value is -2.50. The molecule has 0 spiro atoms. The number of nitrogens with two attached hydrogens (primary N) is 1. The van der Waals surface area contributed by atoms with Gasteiger partial charge in [0, 0.05) is 26.5 Å². The van der Waals surface area contributed by atoms with E-state index in [4.69, 9.17) is 10.5 Å². The second-order valence-corrected chi connectivity index (χ2v) is 4.54. The molecule has 1 aromatic carbocycles. The third-order valence-corrected chi connectivity index (χ3v) is 3.13. The number of nitrogen functional groups attached to an aromatic ring is 1. The number of para-hydroxylation sites is 1. The number of ether oxygens (including phenoxy) is 1. The van der Waals surface area contributed by atoms with Crippen molar-refractivity contribution in [2.75, 3.05) is 19.9 Å². The Balaban J connectivity index is 2.23. The van der Waals surface area contributed by atoms with E-state index >= 15 is 0 Å². The minimum absolute atomic E-state index is 0.155. The van der Waals surface area contributed by atoms with Gasteiger partial charge in [-0.2, -0.15) is 0 Å². The van der Waals surface area contributed by atoms with Crippen LogP contribution >= 0.6 is 0 Å². The monoisotopic (exact) mass is 274 g/mol. The summed E-state index contributed by atoms with van der Waals surface area (Å²) in [5.41, 5.74) is 6.71. The molecule has 1 aromatic heterocycles. The number of imidazole rings is 1. The summed E-state index contributed by atoms with van der Waals surface area (Å²) in [6, 6.07) is 5.14. The molecular weight excluding hydrogens is 256 g/mol. The maximum absolute atomic E-state index is 12.5. The minimum Gasteiger partial charge on any atom is -0.494 e. The van der Waals surface area contributed by atoms with Crippen LogP contribution < -0.4 is 10.5 Å². The summed E-state index contributed by atoms with van der Waals surface area (Å²) >= 11 is 0. The molecule has 1 heterocycles. The lowest BCUT2D eigenvalue weighted by Gasteiger charge is -2.19. The third-order valence-electron chi connectivity index (χ3n) is 3.13. The van der Waals surface area contributed by atoms with Crippen LogP contribution in [0.15, 0.2) is 30.6 Å². The number of amides is 1. The number of hydrogen-bond acceptors (Lipinski definition) is 4. The number of anilines is 1. The van der Waals surface area contributed by atoms with E-state index < -0.39 is 0 Å². The Kier molecular flexibility index (Phi) is 3.93. The molecule has 2 aromatic rings. The molecule has 20 heavy (non-hydrogen) atoms. The number of rotatable bonds is 4. The summed E-state index contributed by atoms with van der Waals surface area (Å²) in [5, 5.41) is 0. The molecule has 0 aliphatic carbocycles. The Morgan fingerprint density at radius 1 is 1.50 bits per heavy atom. The first-order valence-corrected chi connectivity index (χ1v) is 6.18. The first-order valence-electron chi connectivity index (χ1n) is 6.18. The Morgan fingerprint density at radius 2 is 2.25 bits per heavy atom. The molecule has 0 aliphatic rings. The van der Waals surface area contributed by atoms with Gasteiger partial charge < -0.3 is 19.9 Å². The average molecular weight is 274 g/mol. The van der Waals surface area contributed by atoms with Crippen molar-refractivity contribution in [2.24, 2.45) is 7.05 Å². The second-order valence-electron chi connectivity index (χ2n) is 4.54. The zero-order valence-corrected chi connectivity index (χ0v) is 11.8. The average Bonchev–Trinajstić information content (AvgIpc) is 2.83. The molecule has 0 saturated heterocycles. The molecule has 0 unspecified atom stereocenters. The van der Waals surface area contributed by atoms with Gasteiger partial charge in [-0.25, -0.2) is 4.98 Å². The Morgan fingerprint density at radius 3 is 2.85 bits per heavy atom. The number of carbonyl (C=O) groups is 1. The SMILES string of the molecule is COc1c(N)cccc1C(=O)N(C)Cc1nccn1C. The lowest BCUT2D eigenvalue weighted by molar-refractivity contribution is 0.0777. The van der Waals surface area contributed by atoms with E-state index in [1.807, 2.05) is 17.8 Å². The standard InChI is InChI=1S/C14H18N4O2/c1-17-8-7-16-12(17)9-18(2)14(19)10-5-4-6-11(15)13(10)20-3/h4-8H,9,15H2,1-3H3. The van der Waals surface area contributed by atoms with Crippen molar-refractivity contribution in [3.05, 3.63) is 42.0 Å². The molecule has 2 N–H and O–H groups in total. The number of benzene rings is 1. The van der Waals surface area contributed by atoms with Gasteiger partial charge in [0.1, 0.15) is 5.82 Å². The first-order chi connectivity index (χ1) is 9.54. The van der Waals surface area contributed by atoms with Gasteiger partial charge in [0.2, 0.25) is 0 Å². The van der Waals surface area contributed by atoms with Crippen molar-refractivity contribution in [3.63, 3.8) is 0 Å². The van der Waals surface area contributed by atoms with Gasteiger partial charge in [-0.1, -0.05) is 6.07 Å². The smallest absolute Gasteiger partial charge is 0.257 e. The summed E-state index contributed by atoms with van der Waals surface area (Å²) < 4.78 is 7.09. The highest BCUT2D eigenvalue weighted by Gasteiger charge is 2.19. The molecule has 106 valence electrons. The fourth-order valence-corrected chi connectivity index (χ4v) is 1.99. The topological polar surface area (TPSA) is 73.4 Å². The zero-order chi connectivity index (χ0) is 14.7. The lowest BCUT2D eigenvalue weighted by atomic mass is 10.1. The van der Waals surface area contributed by atoms with Crippen molar-refractivity contribution in [1.29, 1.82) is 0 Å². The highest BCUT2D eigenvalue weighted by molar-refractivity contribution is 5.98. The fraction of sp³-hybridized carbons (Fsp3) is 0.286. The van der Waals surface area contributed by atoms with Gasteiger partial charge in [-0.3, -0.25) is 4.79 Å². The molecule has 0 bridgehead atoms. The predicted molar refractivity (Wildman–Crippen MR) is 76.4 cm³/mol. The molecule has 1 amide bonds. The maximum Gasteiger partial charge on any atom is 0.257 e. The lowest BCUT2D eigenvalue weighted by Crippen LogP contribution is -2.28. The number of carbonyl (C=O) groups excluding carboxylic acids is 1. The Bertz CT molecular complexity index is 621. The number of nitrogens with zero attached hydrogens (tertiary/aromatic N) is 3. The van der Waals surface area contributed by atoms with Gasteiger partial charge in [-0.05, 0) is 12.1 Å². The van der Waals surface area contributed by atoms with Crippen LogP contribution in [-0.2, 0) is 13.6 Å². The maximum atomic E-state index is 12.5. The fourth-order valence-electron chi connectivity index (χ4n) is 1.99. The van der Waals surface area contributed by atoms with Crippen LogP contribution in [0.25, 0.3) is 0 Å². The van der Waals surface area contributed by atoms with Crippen molar-refractivity contribution >= 4 is 11.6 Å². The van der Waals surface area contributed by atoms with Gasteiger partial charge in [0.15, 0.2) is 5.75 Å². The van der Waals surface area contributed by atoms with Crippen LogP contribution in [0.5, 0.6) is 5.75 Å². The largest absolute Gasteiger partial charge is 0.494 e. The quantitative estimate of drug-likeness (QED) is 0.852. The molecule has 0 atom stereocenters. The van der Waals surface area contributed by atoms with Crippen LogP contribution in [0.1, 0.15) is 16.2 Å². The second kappa shape index (κ2) is 5.64. The van der Waals surface area contributed by atoms with Crippen molar-refractivity contribution in [2.45, 2.75) is 6.54 Å². The van der Waals surface area contributed by atoms with E-state index in [2.05, 4.69) is 4.98 Å². The minimum atomic E-state index is -0.155. The van der Waals surface area contributed by atoms with Crippen molar-refractivity contribution in [1.82, 2.24) is 14.5 Å². The van der Waals surface area contributed by atoms with Crippen LogP contribution in [0.4, 0.5) is 5.69 Å². The molecule has 0 aliphatic heterocycles. The molecular formula is C14H18N4O2. The van der Waals surface area contributed by atoms with Crippen LogP contribution in [0.3, 0.4) is 0 Å². The summed E-state index contributed by atoms with van der Waals surface area (Å²) in [5.74, 6) is 1.06. The normalized spacial score (nSPS) is 10.3. The summed E-state index contributed by atoms with van der Waals surface area (Å²) in [6.45, 7) is 0.417. The first kappa shape index (κ1) is 13.9. The molecule has 0 fully saturated rings. The molecule has 6 nitrogen and oxygen atoms in total. The number of aryl methyl sites for hydroxylation is 1. The van der Waals surface area contributed by atoms with Gasteiger partial charge in [0.25, 0.3) is 5.91 Å². The predicted octanol–water partition coefficient (Wildman–Crippen LogP) is 1.28. The summed E-state index contributed by atoms with van der Waals surface area (Å²) in [4.78, 5) is 18.3. The van der Waals surface area contributed by atoms with E-state index in [1.54, 1.807) is 36.3 Å². The van der Waals surface area contributed by atoms with E-state index in [1.165, 1.54) is 7.11 Å². The van der Waals surface area contributed by atoms with Gasteiger partial charge >= 0.3 is 0 Å². The van der Waals surface area contributed by atoms with Crippen molar-refractivity contribution in [3.8, 4) is 5.75 Å². The summed E-state index contributed by atoms with van der Waals surface area (Å²) in [7, 11) is 5.11. The van der Waals surface area contributed by atoms with Crippen LogP contribution in [-0.4, -0.2) is 34.5 Å². The van der Waals surface area contributed by atoms with Crippen molar-refractivity contribution < 1.29 is 9.53 Å². The van der Waals surface area contributed by atoms with Gasteiger partial charge in [0.05, 0.1) is 24.9 Å².